The molecule has 0 saturated carbocycles. The summed E-state index contributed by atoms with van der Waals surface area (Å²) in [6, 6.07) is 10.3. The first-order valence-electron chi connectivity index (χ1n) is 9.19. The number of aromatic nitrogens is 1. The van der Waals surface area contributed by atoms with Gasteiger partial charge in [0.05, 0.1) is 0 Å². The monoisotopic (exact) mass is 433 g/mol. The van der Waals surface area contributed by atoms with Crippen molar-refractivity contribution in [3.63, 3.8) is 0 Å². The third-order valence-corrected chi connectivity index (χ3v) is 9.25. The molecule has 1 aliphatic heterocycles. The average molecular weight is 434 g/mol. The molecule has 0 N–H and O–H groups in total. The molecule has 0 unspecified atom stereocenters. The van der Waals surface area contributed by atoms with Crippen molar-refractivity contribution in [3.05, 3.63) is 52.3 Å². The second kappa shape index (κ2) is 7.59. The Morgan fingerprint density at radius 1 is 1.11 bits per heavy atom. The first kappa shape index (κ1) is 19.6. The van der Waals surface area contributed by atoms with E-state index in [4.69, 9.17) is 0 Å². The normalized spacial score (nSPS) is 18.5. The van der Waals surface area contributed by atoms with Crippen LogP contribution in [0.5, 0.6) is 0 Å². The minimum atomic E-state index is -3.49. The predicted molar refractivity (Wildman–Crippen MR) is 117 cm³/mol. The highest BCUT2D eigenvalue weighted by Gasteiger charge is 2.33. The largest absolute Gasteiger partial charge is 0.366 e. The summed E-state index contributed by atoms with van der Waals surface area (Å²) in [6.45, 7) is 7.77. The maximum Gasteiger partial charge on any atom is 0.252 e. The molecule has 0 bridgehead atoms. The van der Waals surface area contributed by atoms with Gasteiger partial charge >= 0.3 is 0 Å². The number of hydrogen-bond acceptors (Lipinski definition) is 6. The van der Waals surface area contributed by atoms with Gasteiger partial charge in [0.1, 0.15) is 9.22 Å². The van der Waals surface area contributed by atoms with Crippen molar-refractivity contribution in [2.45, 2.75) is 31.0 Å². The van der Waals surface area contributed by atoms with Crippen molar-refractivity contribution in [1.82, 2.24) is 9.29 Å². The van der Waals surface area contributed by atoms with Gasteiger partial charge in [-0.05, 0) is 44.5 Å². The van der Waals surface area contributed by atoms with E-state index < -0.39 is 10.0 Å². The van der Waals surface area contributed by atoms with E-state index in [2.05, 4.69) is 41.9 Å². The van der Waals surface area contributed by atoms with Gasteiger partial charge in [0, 0.05) is 53.4 Å². The van der Waals surface area contributed by atoms with Gasteiger partial charge in [-0.1, -0.05) is 12.1 Å². The highest BCUT2D eigenvalue weighted by molar-refractivity contribution is 7.91. The summed E-state index contributed by atoms with van der Waals surface area (Å²) in [5.41, 5.74) is 4.20. The molecule has 0 amide bonds. The smallest absolute Gasteiger partial charge is 0.252 e. The molecular weight excluding hydrogens is 410 g/mol. The van der Waals surface area contributed by atoms with Crippen LogP contribution in [-0.4, -0.2) is 43.4 Å². The van der Waals surface area contributed by atoms with E-state index in [-0.39, 0.29) is 6.04 Å². The number of thiazole rings is 1. The lowest BCUT2D eigenvalue weighted by Gasteiger charge is -2.40. The SMILES string of the molecule is Cc1cccc(N2CCN(S(=O)(=O)c3cc(-c4nc(C)cs4)cs3)C[C@@H]2C)c1. The zero-order valence-corrected chi connectivity index (χ0v) is 18.6. The first-order valence-corrected chi connectivity index (χ1v) is 12.4. The molecule has 3 heterocycles. The number of piperazine rings is 1. The third kappa shape index (κ3) is 3.74. The molecule has 1 saturated heterocycles. The Kier molecular flexibility index (Phi) is 5.30. The summed E-state index contributed by atoms with van der Waals surface area (Å²) in [4.78, 5) is 6.75. The molecule has 4 rings (SSSR count). The van der Waals surface area contributed by atoms with Gasteiger partial charge in [0.25, 0.3) is 10.0 Å². The summed E-state index contributed by atoms with van der Waals surface area (Å²) < 4.78 is 28.4. The minimum Gasteiger partial charge on any atom is -0.366 e. The lowest BCUT2D eigenvalue weighted by molar-refractivity contribution is 0.343. The highest BCUT2D eigenvalue weighted by atomic mass is 32.2. The molecule has 2 aromatic heterocycles. The number of thiophene rings is 1. The molecule has 0 radical (unpaired) electrons. The van der Waals surface area contributed by atoms with Crippen LogP contribution in [0.1, 0.15) is 18.2 Å². The zero-order valence-electron chi connectivity index (χ0n) is 16.1. The van der Waals surface area contributed by atoms with Crippen LogP contribution < -0.4 is 4.90 Å². The van der Waals surface area contributed by atoms with Crippen LogP contribution in [0.15, 0.2) is 45.3 Å². The van der Waals surface area contributed by atoms with Crippen molar-refractivity contribution in [1.29, 1.82) is 0 Å². The van der Waals surface area contributed by atoms with Crippen LogP contribution in [-0.2, 0) is 10.0 Å². The zero-order chi connectivity index (χ0) is 19.9. The molecule has 1 aromatic carbocycles. The van der Waals surface area contributed by atoms with E-state index in [0.29, 0.717) is 23.8 Å². The van der Waals surface area contributed by atoms with Gasteiger partial charge in [-0.25, -0.2) is 13.4 Å². The molecule has 1 fully saturated rings. The van der Waals surface area contributed by atoms with Crippen LogP contribution in [0.3, 0.4) is 0 Å². The number of nitrogens with zero attached hydrogens (tertiary/aromatic N) is 3. The molecule has 0 spiro atoms. The van der Waals surface area contributed by atoms with E-state index in [1.165, 1.54) is 16.9 Å². The second-order valence-corrected chi connectivity index (χ2v) is 11.1. The van der Waals surface area contributed by atoms with E-state index in [9.17, 15) is 8.42 Å². The van der Waals surface area contributed by atoms with E-state index in [1.54, 1.807) is 21.7 Å². The second-order valence-electron chi connectivity index (χ2n) is 7.19. The van der Waals surface area contributed by atoms with Gasteiger partial charge in [-0.2, -0.15) is 4.31 Å². The number of hydrogen-bond donors (Lipinski definition) is 0. The van der Waals surface area contributed by atoms with Crippen LogP contribution in [0, 0.1) is 13.8 Å². The number of rotatable bonds is 4. The summed E-state index contributed by atoms with van der Waals surface area (Å²) in [6.07, 6.45) is 0. The van der Waals surface area contributed by atoms with Gasteiger partial charge in [0.15, 0.2) is 0 Å². The summed E-state index contributed by atoms with van der Waals surface area (Å²) in [5, 5.41) is 4.73. The summed E-state index contributed by atoms with van der Waals surface area (Å²) >= 11 is 2.82. The minimum absolute atomic E-state index is 0.117. The number of aryl methyl sites for hydroxylation is 2. The third-order valence-electron chi connectivity index (χ3n) is 4.96. The Balaban J connectivity index is 1.52. The van der Waals surface area contributed by atoms with Gasteiger partial charge in [-0.15, -0.1) is 22.7 Å². The Labute approximate surface area is 174 Å². The van der Waals surface area contributed by atoms with Crippen molar-refractivity contribution in [2.75, 3.05) is 24.5 Å². The van der Waals surface area contributed by atoms with Gasteiger partial charge < -0.3 is 4.90 Å². The molecule has 5 nitrogen and oxygen atoms in total. The lowest BCUT2D eigenvalue weighted by atomic mass is 10.1. The molecule has 1 aliphatic rings. The summed E-state index contributed by atoms with van der Waals surface area (Å²) in [5.74, 6) is 0. The van der Waals surface area contributed by atoms with Crippen LogP contribution in [0.2, 0.25) is 0 Å². The van der Waals surface area contributed by atoms with Crippen LogP contribution in [0.25, 0.3) is 10.6 Å². The Morgan fingerprint density at radius 2 is 1.93 bits per heavy atom. The number of benzene rings is 1. The van der Waals surface area contributed by atoms with Gasteiger partial charge in [-0.3, -0.25) is 0 Å². The number of sulfonamides is 1. The van der Waals surface area contributed by atoms with Crippen LogP contribution >= 0.6 is 22.7 Å². The Hall–Kier alpha value is -1.74. The molecular formula is C20H23N3O2S3. The maximum atomic E-state index is 13.2. The molecule has 148 valence electrons. The lowest BCUT2D eigenvalue weighted by Crippen LogP contribution is -2.53. The predicted octanol–water partition coefficient (Wildman–Crippen LogP) is 4.39. The van der Waals surface area contributed by atoms with Crippen molar-refractivity contribution in [2.24, 2.45) is 0 Å². The topological polar surface area (TPSA) is 53.5 Å². The average Bonchev–Trinajstić information content (AvgIpc) is 3.31. The Morgan fingerprint density at radius 3 is 2.61 bits per heavy atom. The molecule has 8 heteroatoms. The van der Waals surface area contributed by atoms with E-state index >= 15 is 0 Å². The maximum absolute atomic E-state index is 13.2. The molecule has 1 atom stereocenters. The molecule has 0 aliphatic carbocycles. The van der Waals surface area contributed by atoms with Gasteiger partial charge in [0.2, 0.25) is 0 Å². The quantitative estimate of drug-likeness (QED) is 0.612. The summed E-state index contributed by atoms with van der Waals surface area (Å²) in [7, 11) is -3.49. The van der Waals surface area contributed by atoms with E-state index in [0.717, 1.165) is 22.0 Å². The molecule has 3 aromatic rings. The van der Waals surface area contributed by atoms with Crippen molar-refractivity contribution < 1.29 is 8.42 Å². The highest BCUT2D eigenvalue weighted by Crippen LogP contribution is 2.33. The first-order chi connectivity index (χ1) is 13.3. The fourth-order valence-corrected chi connectivity index (χ4v) is 7.20. The van der Waals surface area contributed by atoms with Crippen molar-refractivity contribution in [3.8, 4) is 10.6 Å². The fraction of sp³-hybridized carbons (Fsp3) is 0.350. The molecule has 28 heavy (non-hydrogen) atoms. The number of anilines is 1. The van der Waals surface area contributed by atoms with Crippen LogP contribution in [0.4, 0.5) is 5.69 Å². The Bertz CT molecular complexity index is 1090. The standard InChI is InChI=1S/C20H23N3O2S3/c1-14-5-4-6-18(9-14)23-8-7-22(11-16(23)3)28(24,25)19-10-17(13-26-19)20-21-15(2)12-27-20/h4-6,9-10,12-13,16H,7-8,11H2,1-3H3/t16-/m0/s1. The fourth-order valence-electron chi connectivity index (χ4n) is 3.51. The van der Waals surface area contributed by atoms with E-state index in [1.807, 2.05) is 23.8 Å². The van der Waals surface area contributed by atoms with Crippen molar-refractivity contribution >= 4 is 38.4 Å².